The van der Waals surface area contributed by atoms with E-state index in [0.717, 1.165) is 11.6 Å². The zero-order valence-electron chi connectivity index (χ0n) is 9.87. The number of para-hydroxylation sites is 1. The second kappa shape index (κ2) is 5.04. The maximum Gasteiger partial charge on any atom is 0.146 e. The van der Waals surface area contributed by atoms with Gasteiger partial charge in [0.05, 0.1) is 5.69 Å². The molecule has 0 fully saturated rings. The van der Waals surface area contributed by atoms with E-state index in [-0.39, 0.29) is 18.1 Å². The van der Waals surface area contributed by atoms with Crippen molar-refractivity contribution >= 4 is 5.69 Å². The summed E-state index contributed by atoms with van der Waals surface area (Å²) in [7, 11) is 0. The Morgan fingerprint density at radius 1 is 1.17 bits per heavy atom. The Labute approximate surface area is 104 Å². The third kappa shape index (κ3) is 2.77. The van der Waals surface area contributed by atoms with Crippen LogP contribution in [0.2, 0.25) is 0 Å². The van der Waals surface area contributed by atoms with Crippen LogP contribution in [0.15, 0.2) is 36.4 Å². The molecule has 2 aromatic rings. The van der Waals surface area contributed by atoms with Crippen LogP contribution < -0.4 is 5.32 Å². The number of rotatable bonds is 3. The van der Waals surface area contributed by atoms with Crippen LogP contribution in [0.25, 0.3) is 0 Å². The van der Waals surface area contributed by atoms with Crippen molar-refractivity contribution in [3.63, 3.8) is 0 Å². The molecule has 2 aromatic carbocycles. The number of aryl methyl sites for hydroxylation is 1. The second-order valence-corrected chi connectivity index (χ2v) is 4.10. The molecule has 0 radical (unpaired) electrons. The highest BCUT2D eigenvalue weighted by molar-refractivity contribution is 5.52. The Morgan fingerprint density at radius 3 is 2.61 bits per heavy atom. The maximum atomic E-state index is 13.5. The largest absolute Gasteiger partial charge is 0.508 e. The van der Waals surface area contributed by atoms with E-state index < -0.39 is 5.82 Å². The Kier molecular flexibility index (Phi) is 3.46. The number of halogens is 2. The van der Waals surface area contributed by atoms with Gasteiger partial charge in [0, 0.05) is 12.6 Å². The predicted molar refractivity (Wildman–Crippen MR) is 66.5 cm³/mol. The first kappa shape index (κ1) is 12.4. The fraction of sp³-hybridized carbons (Fsp3) is 0.143. The summed E-state index contributed by atoms with van der Waals surface area (Å²) < 4.78 is 26.6. The molecule has 4 heteroatoms. The van der Waals surface area contributed by atoms with Crippen molar-refractivity contribution in [3.8, 4) is 5.75 Å². The molecule has 2 nitrogen and oxygen atoms in total. The van der Waals surface area contributed by atoms with Gasteiger partial charge in [-0.25, -0.2) is 8.78 Å². The minimum Gasteiger partial charge on any atom is -0.508 e. The van der Waals surface area contributed by atoms with Crippen LogP contribution in [0.3, 0.4) is 0 Å². The molecule has 0 aliphatic heterocycles. The lowest BCUT2D eigenvalue weighted by Crippen LogP contribution is -2.03. The summed E-state index contributed by atoms with van der Waals surface area (Å²) in [5.41, 5.74) is 1.71. The van der Waals surface area contributed by atoms with E-state index in [1.807, 2.05) is 0 Å². The average molecular weight is 249 g/mol. The summed E-state index contributed by atoms with van der Waals surface area (Å²) in [6, 6.07) is 8.53. The standard InChI is InChI=1S/C14H13F2NO/c1-9-3-2-4-13(16)14(9)17-8-10-5-11(15)7-12(18)6-10/h2-7,17-18H,8H2,1H3. The van der Waals surface area contributed by atoms with E-state index in [4.69, 9.17) is 0 Å². The normalized spacial score (nSPS) is 10.4. The fourth-order valence-electron chi connectivity index (χ4n) is 1.78. The molecule has 0 amide bonds. The molecule has 0 aromatic heterocycles. The second-order valence-electron chi connectivity index (χ2n) is 4.10. The molecule has 0 aliphatic rings. The highest BCUT2D eigenvalue weighted by Crippen LogP contribution is 2.21. The number of aromatic hydroxyl groups is 1. The fourth-order valence-corrected chi connectivity index (χ4v) is 1.78. The number of hydrogen-bond donors (Lipinski definition) is 2. The highest BCUT2D eigenvalue weighted by atomic mass is 19.1. The number of phenols is 1. The Morgan fingerprint density at radius 2 is 1.94 bits per heavy atom. The smallest absolute Gasteiger partial charge is 0.146 e. The number of hydrogen-bond acceptors (Lipinski definition) is 2. The van der Waals surface area contributed by atoms with Gasteiger partial charge in [0.25, 0.3) is 0 Å². The van der Waals surface area contributed by atoms with Gasteiger partial charge in [-0.3, -0.25) is 0 Å². The van der Waals surface area contributed by atoms with Gasteiger partial charge in [-0.15, -0.1) is 0 Å². The van der Waals surface area contributed by atoms with Gasteiger partial charge in [-0.05, 0) is 36.2 Å². The Balaban J connectivity index is 2.16. The Bertz CT molecular complexity index is 529. The molecule has 18 heavy (non-hydrogen) atoms. The first-order valence-electron chi connectivity index (χ1n) is 5.53. The summed E-state index contributed by atoms with van der Waals surface area (Å²) >= 11 is 0. The monoisotopic (exact) mass is 249 g/mol. The zero-order valence-corrected chi connectivity index (χ0v) is 9.87. The molecular formula is C14H13F2NO. The molecule has 0 saturated carbocycles. The van der Waals surface area contributed by atoms with E-state index in [2.05, 4.69) is 5.32 Å². The number of anilines is 1. The van der Waals surface area contributed by atoms with Gasteiger partial charge in [0.1, 0.15) is 17.4 Å². The van der Waals surface area contributed by atoms with Crippen molar-refractivity contribution < 1.29 is 13.9 Å². The SMILES string of the molecule is Cc1cccc(F)c1NCc1cc(O)cc(F)c1. The predicted octanol–water partition coefficient (Wildman–Crippen LogP) is 3.59. The maximum absolute atomic E-state index is 13.5. The molecular weight excluding hydrogens is 236 g/mol. The van der Waals surface area contributed by atoms with Gasteiger partial charge >= 0.3 is 0 Å². The van der Waals surface area contributed by atoms with Gasteiger partial charge in [0.15, 0.2) is 0 Å². The van der Waals surface area contributed by atoms with E-state index in [1.165, 1.54) is 18.2 Å². The van der Waals surface area contributed by atoms with Gasteiger partial charge in [-0.2, -0.15) is 0 Å². The zero-order chi connectivity index (χ0) is 13.1. The average Bonchev–Trinajstić information content (AvgIpc) is 2.27. The van der Waals surface area contributed by atoms with Crippen molar-refractivity contribution in [3.05, 3.63) is 59.2 Å². The van der Waals surface area contributed by atoms with Crippen molar-refractivity contribution in [1.82, 2.24) is 0 Å². The van der Waals surface area contributed by atoms with Crippen molar-refractivity contribution in [2.75, 3.05) is 5.32 Å². The highest BCUT2D eigenvalue weighted by Gasteiger charge is 2.05. The molecule has 0 bridgehead atoms. The van der Waals surface area contributed by atoms with E-state index in [9.17, 15) is 13.9 Å². The number of benzene rings is 2. The van der Waals surface area contributed by atoms with Crippen LogP contribution >= 0.6 is 0 Å². The Hall–Kier alpha value is -2.10. The molecule has 0 heterocycles. The van der Waals surface area contributed by atoms with Crippen LogP contribution in [0.4, 0.5) is 14.5 Å². The first-order chi connectivity index (χ1) is 8.56. The van der Waals surface area contributed by atoms with Gasteiger partial charge in [-0.1, -0.05) is 12.1 Å². The molecule has 2 rings (SSSR count). The third-order valence-electron chi connectivity index (χ3n) is 2.63. The summed E-state index contributed by atoms with van der Waals surface area (Å²) in [4.78, 5) is 0. The van der Waals surface area contributed by atoms with Gasteiger partial charge < -0.3 is 10.4 Å². The van der Waals surface area contributed by atoms with Crippen molar-refractivity contribution in [2.45, 2.75) is 13.5 Å². The first-order valence-corrected chi connectivity index (χ1v) is 5.53. The number of nitrogens with one attached hydrogen (secondary N) is 1. The molecule has 94 valence electrons. The minimum atomic E-state index is -0.517. The summed E-state index contributed by atoms with van der Waals surface area (Å²) in [6.07, 6.45) is 0. The van der Waals surface area contributed by atoms with Crippen LogP contribution in [-0.2, 0) is 6.54 Å². The van der Waals surface area contributed by atoms with Crippen molar-refractivity contribution in [2.24, 2.45) is 0 Å². The minimum absolute atomic E-state index is 0.142. The molecule has 0 unspecified atom stereocenters. The molecule has 0 saturated heterocycles. The lowest BCUT2D eigenvalue weighted by molar-refractivity contribution is 0.468. The lowest BCUT2D eigenvalue weighted by atomic mass is 10.1. The van der Waals surface area contributed by atoms with Crippen LogP contribution in [0.1, 0.15) is 11.1 Å². The molecule has 0 atom stereocenters. The van der Waals surface area contributed by atoms with E-state index >= 15 is 0 Å². The van der Waals surface area contributed by atoms with Gasteiger partial charge in [0.2, 0.25) is 0 Å². The topological polar surface area (TPSA) is 32.3 Å². The van der Waals surface area contributed by atoms with Crippen molar-refractivity contribution in [1.29, 1.82) is 0 Å². The van der Waals surface area contributed by atoms with Crippen LogP contribution in [0.5, 0.6) is 5.75 Å². The van der Waals surface area contributed by atoms with E-state index in [1.54, 1.807) is 19.1 Å². The molecule has 0 aliphatic carbocycles. The van der Waals surface area contributed by atoms with Crippen LogP contribution in [-0.4, -0.2) is 5.11 Å². The summed E-state index contributed by atoms with van der Waals surface area (Å²) in [6.45, 7) is 2.03. The summed E-state index contributed by atoms with van der Waals surface area (Å²) in [5, 5.41) is 12.2. The quantitative estimate of drug-likeness (QED) is 0.871. The summed E-state index contributed by atoms with van der Waals surface area (Å²) in [5.74, 6) is -1.01. The number of phenolic OH excluding ortho intramolecular Hbond substituents is 1. The molecule has 2 N–H and O–H groups in total. The van der Waals surface area contributed by atoms with E-state index in [0.29, 0.717) is 11.3 Å². The third-order valence-corrected chi connectivity index (χ3v) is 2.63. The molecule has 0 spiro atoms. The van der Waals surface area contributed by atoms with Crippen LogP contribution in [0, 0.1) is 18.6 Å². The lowest BCUT2D eigenvalue weighted by Gasteiger charge is -2.10.